The second-order valence-electron chi connectivity index (χ2n) is 11.8. The molecule has 0 aliphatic heterocycles. The van der Waals surface area contributed by atoms with E-state index in [0.29, 0.717) is 8.58 Å². The summed E-state index contributed by atoms with van der Waals surface area (Å²) in [5.41, 5.74) is 5.33. The van der Waals surface area contributed by atoms with Gasteiger partial charge in [-0.15, -0.1) is 0 Å². The Hall–Kier alpha value is -1.41. The molecule has 178 valence electrons. The van der Waals surface area contributed by atoms with Gasteiger partial charge >= 0.3 is 0 Å². The van der Waals surface area contributed by atoms with Crippen LogP contribution in [0.2, 0.25) is 0 Å². The van der Waals surface area contributed by atoms with Gasteiger partial charge in [0, 0.05) is 30.1 Å². The second kappa shape index (κ2) is 10.2. The molecule has 0 heterocycles. The average Bonchev–Trinajstić information content (AvgIpc) is 2.64. The van der Waals surface area contributed by atoms with Gasteiger partial charge in [0.05, 0.1) is 0 Å². The van der Waals surface area contributed by atoms with Crippen LogP contribution in [0.3, 0.4) is 0 Å². The summed E-state index contributed by atoms with van der Waals surface area (Å²) in [4.78, 5) is 0. The van der Waals surface area contributed by atoms with Gasteiger partial charge in [0.25, 0.3) is 0 Å². The van der Waals surface area contributed by atoms with E-state index in [1.165, 1.54) is 32.9 Å². The van der Waals surface area contributed by atoms with Crippen molar-refractivity contribution in [1.29, 1.82) is 0 Å². The van der Waals surface area contributed by atoms with Crippen molar-refractivity contribution in [2.45, 2.75) is 92.2 Å². The maximum atomic E-state index is 6.23. The molecule has 2 aromatic rings. The molecule has 2 aromatic carbocycles. The Labute approximate surface area is 198 Å². The number of benzene rings is 2. The first kappa shape index (κ1) is 26.8. The molecule has 4 heteroatoms. The van der Waals surface area contributed by atoms with Gasteiger partial charge in [-0.2, -0.15) is 0 Å². The zero-order chi connectivity index (χ0) is 24.3. The van der Waals surface area contributed by atoms with Crippen LogP contribution in [-0.4, -0.2) is 19.4 Å². The van der Waals surface area contributed by atoms with Gasteiger partial charge in [-0.1, -0.05) is 80.0 Å². The van der Waals surface area contributed by atoms with E-state index in [9.17, 15) is 0 Å². The van der Waals surface area contributed by atoms with Gasteiger partial charge in [0.1, 0.15) is 5.75 Å². The summed E-state index contributed by atoms with van der Waals surface area (Å²) in [6.07, 6.45) is 0. The highest BCUT2D eigenvalue weighted by molar-refractivity contribution is 7.55. The third-order valence-corrected chi connectivity index (χ3v) is 6.82. The van der Waals surface area contributed by atoms with E-state index in [0.717, 1.165) is 12.3 Å². The number of aryl methyl sites for hydroxylation is 1. The maximum Gasteiger partial charge on any atom is 0.188 e. The Morgan fingerprint density at radius 3 is 2.03 bits per heavy atom. The third-order valence-electron chi connectivity index (χ3n) is 5.42. The first-order chi connectivity index (χ1) is 14.6. The van der Waals surface area contributed by atoms with Crippen molar-refractivity contribution in [3.05, 3.63) is 52.6 Å². The molecular formula is C28H44NO2P. The fraction of sp³-hybridized carbons (Fsp3) is 0.571. The van der Waals surface area contributed by atoms with Gasteiger partial charge in [0.15, 0.2) is 6.79 Å². The summed E-state index contributed by atoms with van der Waals surface area (Å²) >= 11 is 0. The summed E-state index contributed by atoms with van der Waals surface area (Å²) in [5.74, 6) is 0.973. The molecule has 1 atom stereocenters. The quantitative estimate of drug-likeness (QED) is 0.403. The van der Waals surface area contributed by atoms with E-state index in [2.05, 4.69) is 105 Å². The summed E-state index contributed by atoms with van der Waals surface area (Å²) < 4.78 is 11.5. The van der Waals surface area contributed by atoms with Crippen LogP contribution in [-0.2, 0) is 22.1 Å². The molecule has 1 N–H and O–H groups in total. The molecule has 0 saturated heterocycles. The molecule has 0 aliphatic carbocycles. The van der Waals surface area contributed by atoms with Crippen molar-refractivity contribution < 1.29 is 9.47 Å². The van der Waals surface area contributed by atoms with Crippen LogP contribution in [0.1, 0.15) is 84.6 Å². The monoisotopic (exact) mass is 457 g/mol. The van der Waals surface area contributed by atoms with Gasteiger partial charge in [0.2, 0.25) is 0 Å². The predicted octanol–water partition coefficient (Wildman–Crippen LogP) is 6.09. The van der Waals surface area contributed by atoms with Crippen LogP contribution >= 0.6 is 8.58 Å². The first-order valence-corrected chi connectivity index (χ1v) is 12.5. The summed E-state index contributed by atoms with van der Waals surface area (Å²) in [5, 5.41) is 6.28. The maximum absolute atomic E-state index is 6.23. The molecule has 0 fully saturated rings. The van der Waals surface area contributed by atoms with Crippen LogP contribution in [0.5, 0.6) is 5.75 Å². The minimum atomic E-state index is -0.0343. The summed E-state index contributed by atoms with van der Waals surface area (Å²) in [7, 11) is 2.18. The molecule has 0 amide bonds. The molecule has 2 rings (SSSR count). The molecule has 1 unspecified atom stereocenters. The van der Waals surface area contributed by atoms with Crippen molar-refractivity contribution in [2.24, 2.45) is 0 Å². The number of nitrogens with one attached hydrogen (secondary N) is 1. The fourth-order valence-electron chi connectivity index (χ4n) is 3.48. The molecule has 0 spiro atoms. The Balaban J connectivity index is 2.63. The van der Waals surface area contributed by atoms with Gasteiger partial charge in [-0.25, -0.2) is 0 Å². The van der Waals surface area contributed by atoms with Crippen LogP contribution in [0, 0.1) is 6.92 Å². The van der Waals surface area contributed by atoms with Crippen LogP contribution < -0.4 is 20.7 Å². The molecule has 0 aliphatic rings. The normalized spacial score (nSPS) is 13.2. The largest absolute Gasteiger partial charge is 0.467 e. The highest BCUT2D eigenvalue weighted by Crippen LogP contribution is 2.37. The SMILES string of the molecule is COCOc1c(Pc2ccc(C)cc2CNC(C)(C)C)cc(C(C)(C)C)cc1C(C)(C)C. The zero-order valence-electron chi connectivity index (χ0n) is 22.1. The number of hydrogen-bond acceptors (Lipinski definition) is 3. The lowest BCUT2D eigenvalue weighted by atomic mass is 9.80. The Morgan fingerprint density at radius 2 is 1.50 bits per heavy atom. The highest BCUT2D eigenvalue weighted by Gasteiger charge is 2.26. The van der Waals surface area contributed by atoms with Crippen LogP contribution in [0.4, 0.5) is 0 Å². The minimum absolute atomic E-state index is 0.0343. The molecule has 3 nitrogen and oxygen atoms in total. The lowest BCUT2D eigenvalue weighted by molar-refractivity contribution is 0.0506. The van der Waals surface area contributed by atoms with Crippen molar-refractivity contribution in [3.8, 4) is 5.75 Å². The lowest BCUT2D eigenvalue weighted by Crippen LogP contribution is -2.36. The van der Waals surface area contributed by atoms with Gasteiger partial charge in [-0.05, 0) is 61.0 Å². The number of hydrogen-bond donors (Lipinski definition) is 1. The number of methoxy groups -OCH3 is 1. The second-order valence-corrected chi connectivity index (χ2v) is 13.2. The van der Waals surface area contributed by atoms with Gasteiger partial charge < -0.3 is 14.8 Å². The van der Waals surface area contributed by atoms with Crippen molar-refractivity contribution in [1.82, 2.24) is 5.32 Å². The smallest absolute Gasteiger partial charge is 0.188 e. The predicted molar refractivity (Wildman–Crippen MR) is 142 cm³/mol. The Kier molecular flexibility index (Phi) is 8.59. The average molecular weight is 458 g/mol. The minimum Gasteiger partial charge on any atom is -0.467 e. The Morgan fingerprint density at radius 1 is 0.844 bits per heavy atom. The van der Waals surface area contributed by atoms with E-state index < -0.39 is 0 Å². The van der Waals surface area contributed by atoms with Crippen molar-refractivity contribution in [2.75, 3.05) is 13.9 Å². The topological polar surface area (TPSA) is 30.5 Å². The van der Waals surface area contributed by atoms with E-state index >= 15 is 0 Å². The number of rotatable bonds is 7. The van der Waals surface area contributed by atoms with Crippen molar-refractivity contribution in [3.63, 3.8) is 0 Å². The number of ether oxygens (including phenoxy) is 2. The van der Waals surface area contributed by atoms with E-state index in [4.69, 9.17) is 9.47 Å². The molecule has 0 saturated carbocycles. The molecule has 32 heavy (non-hydrogen) atoms. The lowest BCUT2D eigenvalue weighted by Gasteiger charge is -2.29. The fourth-order valence-corrected chi connectivity index (χ4v) is 4.81. The first-order valence-electron chi connectivity index (χ1n) is 11.5. The molecule has 0 bridgehead atoms. The van der Waals surface area contributed by atoms with Gasteiger partial charge in [-0.3, -0.25) is 0 Å². The van der Waals surface area contributed by atoms with Crippen molar-refractivity contribution >= 4 is 19.2 Å². The highest BCUT2D eigenvalue weighted by atomic mass is 31.1. The standard InChI is InChI=1S/C28H44NO2P/c1-19-12-13-23(20(14-19)17-29-28(8,9)10)32-24-16-21(26(2,3)4)15-22(27(5,6)7)25(24)31-18-30-11/h12-16,29,32H,17-18H2,1-11H3. The van der Waals surface area contributed by atoms with E-state index in [1.807, 2.05) is 0 Å². The summed E-state index contributed by atoms with van der Waals surface area (Å²) in [6, 6.07) is 11.5. The van der Waals surface area contributed by atoms with Crippen LogP contribution in [0.25, 0.3) is 0 Å². The molecular weight excluding hydrogens is 413 g/mol. The Bertz CT molecular complexity index is 915. The van der Waals surface area contributed by atoms with E-state index in [-0.39, 0.29) is 23.2 Å². The molecule has 0 radical (unpaired) electrons. The summed E-state index contributed by atoms with van der Waals surface area (Å²) in [6.45, 7) is 23.5. The zero-order valence-corrected chi connectivity index (χ0v) is 23.1. The van der Waals surface area contributed by atoms with Crippen LogP contribution in [0.15, 0.2) is 30.3 Å². The molecule has 0 aromatic heterocycles. The third kappa shape index (κ3) is 7.58. The van der Waals surface area contributed by atoms with E-state index in [1.54, 1.807) is 7.11 Å².